The maximum atomic E-state index is 12.5. The lowest BCUT2D eigenvalue weighted by Crippen LogP contribution is -2.13. The molecule has 0 aliphatic rings. The lowest BCUT2D eigenvalue weighted by atomic mass is 10.1. The molecule has 108 valence electrons. The number of amides is 1. The van der Waals surface area contributed by atoms with Crippen LogP contribution < -0.4 is 5.32 Å². The van der Waals surface area contributed by atoms with Gasteiger partial charge in [0.25, 0.3) is 5.91 Å². The summed E-state index contributed by atoms with van der Waals surface area (Å²) in [5.74, 6) is 0.166. The summed E-state index contributed by atoms with van der Waals surface area (Å²) in [5, 5.41) is 12.4. The van der Waals surface area contributed by atoms with Crippen molar-refractivity contribution in [1.29, 1.82) is 0 Å². The van der Waals surface area contributed by atoms with E-state index in [0.717, 1.165) is 0 Å². The number of rotatable bonds is 3. The van der Waals surface area contributed by atoms with Crippen molar-refractivity contribution in [1.82, 2.24) is 9.97 Å². The zero-order valence-corrected chi connectivity index (χ0v) is 11.6. The Morgan fingerprint density at radius 1 is 0.909 bits per heavy atom. The molecule has 0 spiro atoms. The molecule has 0 aliphatic heterocycles. The van der Waals surface area contributed by atoms with Crippen molar-refractivity contribution in [3.05, 3.63) is 72.6 Å². The number of nitrogens with zero attached hydrogens (tertiary/aromatic N) is 2. The Morgan fingerprint density at radius 3 is 2.36 bits per heavy atom. The van der Waals surface area contributed by atoms with Crippen molar-refractivity contribution in [3.63, 3.8) is 0 Å². The van der Waals surface area contributed by atoms with E-state index < -0.39 is 0 Å². The fourth-order valence-electron chi connectivity index (χ4n) is 2.08. The highest BCUT2D eigenvalue weighted by atomic mass is 16.3. The number of hydrogen-bond donors (Lipinski definition) is 2. The molecule has 0 radical (unpaired) electrons. The highest BCUT2D eigenvalue weighted by Gasteiger charge is 2.15. The van der Waals surface area contributed by atoms with Crippen molar-refractivity contribution in [2.75, 3.05) is 5.32 Å². The van der Waals surface area contributed by atoms with Crippen LogP contribution in [-0.4, -0.2) is 21.0 Å². The van der Waals surface area contributed by atoms with Crippen LogP contribution in [0.2, 0.25) is 0 Å². The average Bonchev–Trinajstić information content (AvgIpc) is 2.58. The van der Waals surface area contributed by atoms with Gasteiger partial charge in [0.05, 0.1) is 11.3 Å². The minimum absolute atomic E-state index is 0.0179. The van der Waals surface area contributed by atoms with E-state index in [1.54, 1.807) is 54.9 Å². The van der Waals surface area contributed by atoms with Gasteiger partial charge in [0.2, 0.25) is 0 Å². The van der Waals surface area contributed by atoms with E-state index in [0.29, 0.717) is 22.6 Å². The first-order valence-electron chi connectivity index (χ1n) is 6.71. The van der Waals surface area contributed by atoms with Crippen LogP contribution in [0.25, 0.3) is 11.4 Å². The van der Waals surface area contributed by atoms with Crippen molar-refractivity contribution in [3.8, 4) is 17.1 Å². The largest absolute Gasteiger partial charge is 0.506 e. The number of nitrogens with one attached hydrogen (secondary N) is 1. The summed E-state index contributed by atoms with van der Waals surface area (Å²) in [6.07, 6.45) is 3.25. The molecule has 3 aromatic rings. The molecule has 2 aromatic carbocycles. The first-order chi connectivity index (χ1) is 10.8. The number of aromatic hydroxyl groups is 1. The Balaban J connectivity index is 1.96. The van der Waals surface area contributed by atoms with E-state index in [4.69, 9.17) is 0 Å². The zero-order chi connectivity index (χ0) is 15.4. The van der Waals surface area contributed by atoms with Gasteiger partial charge in [-0.3, -0.25) is 4.79 Å². The Hall–Kier alpha value is -3.21. The quantitative estimate of drug-likeness (QED) is 0.727. The van der Waals surface area contributed by atoms with Crippen LogP contribution in [0.15, 0.2) is 67.0 Å². The maximum Gasteiger partial charge on any atom is 0.256 e. The predicted molar refractivity (Wildman–Crippen MR) is 83.5 cm³/mol. The van der Waals surface area contributed by atoms with Gasteiger partial charge < -0.3 is 10.4 Å². The Morgan fingerprint density at radius 2 is 1.59 bits per heavy atom. The Bertz CT molecular complexity index is 804. The van der Waals surface area contributed by atoms with Gasteiger partial charge in [0.15, 0.2) is 5.82 Å². The number of carbonyl (C=O) groups is 1. The molecule has 0 unspecified atom stereocenters. The van der Waals surface area contributed by atoms with Gasteiger partial charge in [-0.05, 0) is 24.3 Å². The summed E-state index contributed by atoms with van der Waals surface area (Å²) in [5.41, 5.74) is 1.43. The average molecular weight is 291 g/mol. The van der Waals surface area contributed by atoms with Crippen LogP contribution in [0, 0.1) is 0 Å². The first kappa shape index (κ1) is 13.8. The molecule has 0 fully saturated rings. The van der Waals surface area contributed by atoms with E-state index in [1.807, 2.05) is 6.07 Å². The highest BCUT2D eigenvalue weighted by Crippen LogP contribution is 2.25. The normalized spacial score (nSPS) is 10.2. The van der Waals surface area contributed by atoms with Gasteiger partial charge in [-0.2, -0.15) is 0 Å². The molecular weight excluding hydrogens is 278 g/mol. The number of hydrogen-bond acceptors (Lipinski definition) is 4. The molecule has 0 atom stereocenters. The van der Waals surface area contributed by atoms with Gasteiger partial charge in [-0.25, -0.2) is 9.97 Å². The van der Waals surface area contributed by atoms with Crippen LogP contribution in [-0.2, 0) is 0 Å². The fraction of sp³-hybridized carbons (Fsp3) is 0. The smallest absolute Gasteiger partial charge is 0.256 e. The van der Waals surface area contributed by atoms with Crippen LogP contribution >= 0.6 is 0 Å². The molecule has 0 bridgehead atoms. The molecule has 1 aromatic heterocycles. The molecule has 22 heavy (non-hydrogen) atoms. The molecule has 2 N–H and O–H groups in total. The van der Waals surface area contributed by atoms with Crippen LogP contribution in [0.1, 0.15) is 10.4 Å². The lowest BCUT2D eigenvalue weighted by Gasteiger charge is -2.10. The highest BCUT2D eigenvalue weighted by molar-refractivity contribution is 6.08. The second kappa shape index (κ2) is 6.05. The third kappa shape index (κ3) is 2.78. The zero-order valence-electron chi connectivity index (χ0n) is 11.6. The summed E-state index contributed by atoms with van der Waals surface area (Å²) in [7, 11) is 0. The van der Waals surface area contributed by atoms with E-state index in [2.05, 4.69) is 15.3 Å². The summed E-state index contributed by atoms with van der Waals surface area (Å²) in [6.45, 7) is 0. The Labute approximate surface area is 127 Å². The van der Waals surface area contributed by atoms with Crippen LogP contribution in [0.5, 0.6) is 5.75 Å². The van der Waals surface area contributed by atoms with Gasteiger partial charge in [-0.1, -0.05) is 30.3 Å². The summed E-state index contributed by atoms with van der Waals surface area (Å²) >= 11 is 0. The van der Waals surface area contributed by atoms with Crippen LogP contribution in [0.3, 0.4) is 0 Å². The van der Waals surface area contributed by atoms with Gasteiger partial charge in [0.1, 0.15) is 5.75 Å². The third-order valence-electron chi connectivity index (χ3n) is 3.13. The van der Waals surface area contributed by atoms with Crippen molar-refractivity contribution in [2.24, 2.45) is 0 Å². The van der Waals surface area contributed by atoms with Crippen molar-refractivity contribution < 1.29 is 9.90 Å². The fourth-order valence-corrected chi connectivity index (χ4v) is 2.08. The van der Waals surface area contributed by atoms with Crippen molar-refractivity contribution >= 4 is 11.6 Å². The standard InChI is InChI=1S/C17H13N3O2/c21-15-9-4-3-8-14(15)20-17(22)13-7-2-1-6-12(13)16-18-10-5-11-19-16/h1-11,21H,(H,20,22). The molecular formula is C17H13N3O2. The summed E-state index contributed by atoms with van der Waals surface area (Å²) < 4.78 is 0. The molecule has 3 rings (SSSR count). The van der Waals surface area contributed by atoms with E-state index in [1.165, 1.54) is 6.07 Å². The van der Waals surface area contributed by atoms with Gasteiger partial charge in [-0.15, -0.1) is 0 Å². The third-order valence-corrected chi connectivity index (χ3v) is 3.13. The number of para-hydroxylation sites is 2. The molecule has 1 heterocycles. The second-order valence-corrected chi connectivity index (χ2v) is 4.59. The first-order valence-corrected chi connectivity index (χ1v) is 6.71. The number of phenolic OH excluding ortho intramolecular Hbond substituents is 1. The van der Waals surface area contributed by atoms with E-state index in [9.17, 15) is 9.90 Å². The van der Waals surface area contributed by atoms with Gasteiger partial charge >= 0.3 is 0 Å². The van der Waals surface area contributed by atoms with Crippen LogP contribution in [0.4, 0.5) is 5.69 Å². The Kier molecular flexibility index (Phi) is 3.78. The number of carbonyl (C=O) groups excluding carboxylic acids is 1. The molecule has 0 saturated carbocycles. The lowest BCUT2D eigenvalue weighted by molar-refractivity contribution is 0.102. The molecule has 1 amide bonds. The molecule has 5 nitrogen and oxygen atoms in total. The maximum absolute atomic E-state index is 12.5. The minimum Gasteiger partial charge on any atom is -0.506 e. The van der Waals surface area contributed by atoms with E-state index in [-0.39, 0.29) is 11.7 Å². The topological polar surface area (TPSA) is 75.1 Å². The van der Waals surface area contributed by atoms with E-state index >= 15 is 0 Å². The minimum atomic E-state index is -0.329. The number of phenols is 1. The second-order valence-electron chi connectivity index (χ2n) is 4.59. The SMILES string of the molecule is O=C(Nc1ccccc1O)c1ccccc1-c1ncccn1. The molecule has 0 saturated heterocycles. The monoisotopic (exact) mass is 291 g/mol. The predicted octanol–water partition coefficient (Wildman–Crippen LogP) is 3.10. The number of aromatic nitrogens is 2. The number of anilines is 1. The van der Waals surface area contributed by atoms with Gasteiger partial charge in [0, 0.05) is 18.0 Å². The molecule has 0 aliphatic carbocycles. The van der Waals surface area contributed by atoms with Crippen molar-refractivity contribution in [2.45, 2.75) is 0 Å². The summed E-state index contributed by atoms with van der Waals surface area (Å²) in [6, 6.07) is 15.4. The molecule has 5 heteroatoms. The summed E-state index contributed by atoms with van der Waals surface area (Å²) in [4.78, 5) is 20.8. The number of benzene rings is 2.